The molecule has 0 atom stereocenters. The van der Waals surface area contributed by atoms with Gasteiger partial charge in [-0.1, -0.05) is 54.4 Å². The van der Waals surface area contributed by atoms with Gasteiger partial charge in [-0.15, -0.1) is 11.3 Å². The molecular weight excluding hydrogens is 260 g/mol. The molecule has 1 heteroatoms. The summed E-state index contributed by atoms with van der Waals surface area (Å²) < 4.78 is 90.6. The summed E-state index contributed by atoms with van der Waals surface area (Å²) in [7, 11) is 0. The third kappa shape index (κ3) is 1.67. The molecular formula is C19H14S. The van der Waals surface area contributed by atoms with E-state index in [1.54, 1.807) is 6.92 Å². The number of hydrogen-bond donors (Lipinski definition) is 0. The molecule has 1 aromatic heterocycles. The third-order valence-electron chi connectivity index (χ3n) is 3.07. The topological polar surface area (TPSA) is 0 Å². The zero-order chi connectivity index (χ0) is 23.1. The number of benzene rings is 3. The van der Waals surface area contributed by atoms with Crippen molar-refractivity contribution in [1.29, 1.82) is 0 Å². The Morgan fingerprint density at radius 1 is 0.750 bits per heavy atom. The Morgan fingerprint density at radius 3 is 2.25 bits per heavy atom. The van der Waals surface area contributed by atoms with Crippen molar-refractivity contribution in [2.75, 3.05) is 0 Å². The van der Waals surface area contributed by atoms with Gasteiger partial charge in [0.15, 0.2) is 0 Å². The summed E-state index contributed by atoms with van der Waals surface area (Å²) in [6, 6.07) is -4.77. The highest BCUT2D eigenvalue weighted by Crippen LogP contribution is 2.41. The smallest absolute Gasteiger partial charge is 0.0638 e. The van der Waals surface area contributed by atoms with Crippen molar-refractivity contribution in [2.24, 2.45) is 0 Å². The second-order valence-corrected chi connectivity index (χ2v) is 5.28. The van der Waals surface area contributed by atoms with Crippen LogP contribution in [-0.4, -0.2) is 0 Å². The quantitative estimate of drug-likeness (QED) is 0.400. The summed E-state index contributed by atoms with van der Waals surface area (Å²) in [6.45, 7) is 1.57. The van der Waals surface area contributed by atoms with Crippen LogP contribution in [0.4, 0.5) is 0 Å². The van der Waals surface area contributed by atoms with Gasteiger partial charge in [0.25, 0.3) is 0 Å². The molecule has 0 radical (unpaired) electrons. The largest absolute Gasteiger partial charge is 0.135 e. The normalized spacial score (nSPS) is 18.9. The molecule has 0 saturated carbocycles. The van der Waals surface area contributed by atoms with E-state index in [-0.39, 0.29) is 45.4 Å². The molecule has 0 nitrogen and oxygen atoms in total. The number of rotatable bonds is 1. The molecule has 0 spiro atoms. The third-order valence-corrected chi connectivity index (χ3v) is 4.09. The second kappa shape index (κ2) is 4.46. The molecule has 0 saturated heterocycles. The lowest BCUT2D eigenvalue weighted by Gasteiger charge is -2.05. The summed E-state index contributed by atoms with van der Waals surface area (Å²) in [4.78, 5) is 0. The van der Waals surface area contributed by atoms with Crippen molar-refractivity contribution in [3.05, 3.63) is 72.0 Å². The van der Waals surface area contributed by atoms with E-state index in [0.717, 1.165) is 11.3 Å². The minimum atomic E-state index is -0.586. The predicted molar refractivity (Wildman–Crippen MR) is 89.5 cm³/mol. The van der Waals surface area contributed by atoms with Crippen molar-refractivity contribution < 1.29 is 15.1 Å². The van der Waals surface area contributed by atoms with Crippen LogP contribution in [0.25, 0.3) is 31.3 Å². The standard InChI is InChI=1S/C19H14S/c1-13-7-5-11-16-18(13)19-15(10-6-12-17(19)20-16)14-8-3-2-4-9-14/h2-12H,1H3/i2D,3D,4D,5D,6D,7D,8D,9D,10D,11D,12D. The van der Waals surface area contributed by atoms with Gasteiger partial charge in [0.2, 0.25) is 0 Å². The molecule has 0 aliphatic heterocycles. The molecule has 20 heavy (non-hydrogen) atoms. The maximum atomic E-state index is 8.51. The number of thiophene rings is 1. The fourth-order valence-electron chi connectivity index (χ4n) is 2.22. The van der Waals surface area contributed by atoms with Crippen molar-refractivity contribution in [2.45, 2.75) is 6.92 Å². The van der Waals surface area contributed by atoms with Crippen LogP contribution in [0.1, 0.15) is 20.6 Å². The highest BCUT2D eigenvalue weighted by Gasteiger charge is 2.11. The maximum absolute atomic E-state index is 8.51. The molecule has 0 N–H and O–H groups in total. The van der Waals surface area contributed by atoms with Gasteiger partial charge in [-0.05, 0) is 35.7 Å². The molecule has 4 rings (SSSR count). The molecule has 0 fully saturated rings. The van der Waals surface area contributed by atoms with E-state index in [2.05, 4.69) is 0 Å². The molecule has 0 bridgehead atoms. The van der Waals surface area contributed by atoms with E-state index in [1.165, 1.54) is 0 Å². The number of fused-ring (bicyclic) bond motifs is 3. The van der Waals surface area contributed by atoms with Gasteiger partial charge < -0.3 is 0 Å². The monoisotopic (exact) mass is 285 g/mol. The highest BCUT2D eigenvalue weighted by atomic mass is 32.1. The molecule has 0 aliphatic rings. The molecule has 0 unspecified atom stereocenters. The van der Waals surface area contributed by atoms with E-state index >= 15 is 0 Å². The van der Waals surface area contributed by atoms with Crippen molar-refractivity contribution >= 4 is 31.5 Å². The highest BCUT2D eigenvalue weighted by molar-refractivity contribution is 7.26. The van der Waals surface area contributed by atoms with Crippen molar-refractivity contribution in [1.82, 2.24) is 0 Å². The summed E-state index contributed by atoms with van der Waals surface area (Å²) in [5, 5.41) is 0.527. The molecule has 96 valence electrons. The Balaban J connectivity index is 2.40. The van der Waals surface area contributed by atoms with Crippen LogP contribution in [0.5, 0.6) is 0 Å². The van der Waals surface area contributed by atoms with Crippen LogP contribution < -0.4 is 0 Å². The maximum Gasteiger partial charge on any atom is 0.0638 e. The zero-order valence-corrected chi connectivity index (χ0v) is 11.2. The SMILES string of the molecule is [2H]c1c([2H])c([2H])c(-c2c([2H])c([2H])c([2H])c3sc4c([2H])c([2H])c([2H])c(C)c4c23)c([2H])c1[2H]. The van der Waals surface area contributed by atoms with E-state index < -0.39 is 42.3 Å². The average molecular weight is 285 g/mol. The first-order valence-electron chi connectivity index (χ1n) is 11.4. The first-order chi connectivity index (χ1) is 14.4. The molecule has 0 amide bonds. The fourth-order valence-corrected chi connectivity index (χ4v) is 3.29. The Kier molecular flexibility index (Phi) is 1.12. The van der Waals surface area contributed by atoms with Crippen LogP contribution in [0, 0.1) is 6.92 Å². The fraction of sp³-hybridized carbons (Fsp3) is 0.0526. The summed E-state index contributed by atoms with van der Waals surface area (Å²) in [5.74, 6) is 0. The zero-order valence-electron chi connectivity index (χ0n) is 21.4. The van der Waals surface area contributed by atoms with Gasteiger partial charge in [-0.25, -0.2) is 0 Å². The van der Waals surface area contributed by atoms with Crippen LogP contribution in [0.15, 0.2) is 66.5 Å². The van der Waals surface area contributed by atoms with Crippen LogP contribution in [0.2, 0.25) is 0 Å². The van der Waals surface area contributed by atoms with Gasteiger partial charge in [0.05, 0.1) is 15.1 Å². The first kappa shape index (κ1) is 5.01. The van der Waals surface area contributed by atoms with Gasteiger partial charge in [0, 0.05) is 20.2 Å². The number of hydrogen-bond acceptors (Lipinski definition) is 1. The first-order valence-corrected chi connectivity index (χ1v) is 6.72. The van der Waals surface area contributed by atoms with Crippen LogP contribution in [0.3, 0.4) is 0 Å². The lowest BCUT2D eigenvalue weighted by molar-refractivity contribution is 1.55. The van der Waals surface area contributed by atoms with E-state index in [9.17, 15) is 0 Å². The van der Waals surface area contributed by atoms with E-state index in [1.807, 2.05) is 0 Å². The minimum absolute atomic E-state index is 0.0983. The Hall–Kier alpha value is -2.12. The number of aryl methyl sites for hydroxylation is 1. The predicted octanol–water partition coefficient (Wildman–Crippen LogP) is 6.03. The van der Waals surface area contributed by atoms with E-state index in [0.29, 0.717) is 15.6 Å². The lowest BCUT2D eigenvalue weighted by Crippen LogP contribution is -1.80. The summed E-state index contributed by atoms with van der Waals surface area (Å²) in [5.41, 5.74) is -0.0344. The molecule has 0 aliphatic carbocycles. The van der Waals surface area contributed by atoms with Crippen LogP contribution >= 0.6 is 11.3 Å². The van der Waals surface area contributed by atoms with Gasteiger partial charge in [0.1, 0.15) is 0 Å². The van der Waals surface area contributed by atoms with E-state index in [4.69, 9.17) is 15.1 Å². The van der Waals surface area contributed by atoms with Gasteiger partial charge in [-0.3, -0.25) is 0 Å². The van der Waals surface area contributed by atoms with Gasteiger partial charge >= 0.3 is 0 Å². The lowest BCUT2D eigenvalue weighted by atomic mass is 9.98. The molecule has 1 heterocycles. The summed E-state index contributed by atoms with van der Waals surface area (Å²) in [6.07, 6.45) is 0. The Bertz CT molecular complexity index is 1420. The Labute approximate surface area is 137 Å². The van der Waals surface area contributed by atoms with Crippen LogP contribution in [-0.2, 0) is 0 Å². The average Bonchev–Trinajstić information content (AvgIpc) is 3.14. The van der Waals surface area contributed by atoms with Crippen molar-refractivity contribution in [3.63, 3.8) is 0 Å². The van der Waals surface area contributed by atoms with Gasteiger partial charge in [-0.2, -0.15) is 0 Å². The second-order valence-electron chi connectivity index (χ2n) is 4.26. The summed E-state index contributed by atoms with van der Waals surface area (Å²) >= 11 is 0.972. The molecule has 3 aromatic carbocycles. The Morgan fingerprint density at radius 2 is 1.45 bits per heavy atom. The molecule has 4 aromatic rings. The minimum Gasteiger partial charge on any atom is -0.135 e. The van der Waals surface area contributed by atoms with Crippen molar-refractivity contribution in [3.8, 4) is 11.1 Å².